The zero-order valence-corrected chi connectivity index (χ0v) is 16.0. The average Bonchev–Trinajstić information content (AvgIpc) is 2.55. The van der Waals surface area contributed by atoms with Gasteiger partial charge in [0.05, 0.1) is 11.8 Å². The van der Waals surface area contributed by atoms with Crippen molar-refractivity contribution in [2.45, 2.75) is 65.0 Å². The number of thioether (sulfide) groups is 1. The van der Waals surface area contributed by atoms with Crippen molar-refractivity contribution >= 4 is 17.6 Å². The van der Waals surface area contributed by atoms with Crippen LogP contribution in [0.25, 0.3) is 0 Å². The Balaban J connectivity index is 3.28. The molecule has 128 valence electrons. The first kappa shape index (κ1) is 19.8. The van der Waals surface area contributed by atoms with Crippen LogP contribution in [0.15, 0.2) is 5.16 Å². The standard InChI is InChI=1S/C18H30N4S/c1-6-9-15-16(8-3)20-18(23-5)21-17(15)22(12-7-2)13-14(4)10-11-19/h14H,6-10,12-13H2,1-5H3. The fourth-order valence-electron chi connectivity index (χ4n) is 2.80. The number of nitrogens with zero attached hydrogens (tertiary/aromatic N) is 4. The molecule has 0 fully saturated rings. The Hall–Kier alpha value is -1.28. The molecule has 0 aliphatic rings. The molecule has 1 atom stereocenters. The smallest absolute Gasteiger partial charge is 0.189 e. The maximum absolute atomic E-state index is 8.96. The van der Waals surface area contributed by atoms with Crippen molar-refractivity contribution in [2.24, 2.45) is 5.92 Å². The molecule has 1 unspecified atom stereocenters. The van der Waals surface area contributed by atoms with Gasteiger partial charge in [0.1, 0.15) is 5.82 Å². The minimum absolute atomic E-state index is 0.346. The van der Waals surface area contributed by atoms with E-state index in [4.69, 9.17) is 15.2 Å². The van der Waals surface area contributed by atoms with E-state index in [0.717, 1.165) is 49.7 Å². The molecule has 0 aliphatic carbocycles. The third kappa shape index (κ3) is 5.69. The molecule has 1 aromatic heterocycles. The van der Waals surface area contributed by atoms with Gasteiger partial charge in [0.2, 0.25) is 0 Å². The molecule has 1 aromatic rings. The van der Waals surface area contributed by atoms with Gasteiger partial charge >= 0.3 is 0 Å². The zero-order valence-electron chi connectivity index (χ0n) is 15.2. The SMILES string of the molecule is CCCc1c(CC)nc(SC)nc1N(CCC)CC(C)CC#N. The number of aryl methyl sites for hydroxylation is 1. The molecular formula is C18H30N4S. The van der Waals surface area contributed by atoms with Gasteiger partial charge in [-0.05, 0) is 31.4 Å². The van der Waals surface area contributed by atoms with Gasteiger partial charge in [-0.1, -0.05) is 45.9 Å². The van der Waals surface area contributed by atoms with Crippen LogP contribution in [0.4, 0.5) is 5.82 Å². The van der Waals surface area contributed by atoms with E-state index in [1.54, 1.807) is 11.8 Å². The minimum atomic E-state index is 0.346. The predicted octanol–water partition coefficient (Wildman–Crippen LogP) is 4.48. The van der Waals surface area contributed by atoms with Crippen molar-refractivity contribution in [3.63, 3.8) is 0 Å². The molecule has 0 radical (unpaired) electrons. The first-order chi connectivity index (χ1) is 11.1. The third-order valence-corrected chi connectivity index (χ3v) is 4.38. The van der Waals surface area contributed by atoms with Crippen molar-refractivity contribution in [2.75, 3.05) is 24.2 Å². The molecule has 23 heavy (non-hydrogen) atoms. The Morgan fingerprint density at radius 2 is 1.96 bits per heavy atom. The first-order valence-electron chi connectivity index (χ1n) is 8.66. The lowest BCUT2D eigenvalue weighted by Crippen LogP contribution is -2.31. The van der Waals surface area contributed by atoms with E-state index in [9.17, 15) is 0 Å². The highest BCUT2D eigenvalue weighted by molar-refractivity contribution is 7.98. The molecule has 0 aromatic carbocycles. The lowest BCUT2D eigenvalue weighted by Gasteiger charge is -2.29. The molecule has 1 rings (SSSR count). The van der Waals surface area contributed by atoms with Crippen molar-refractivity contribution < 1.29 is 0 Å². The van der Waals surface area contributed by atoms with E-state index in [0.29, 0.717) is 12.3 Å². The summed E-state index contributed by atoms with van der Waals surface area (Å²) in [6, 6.07) is 2.29. The molecule has 1 heterocycles. The summed E-state index contributed by atoms with van der Waals surface area (Å²) in [5.41, 5.74) is 2.47. The van der Waals surface area contributed by atoms with E-state index in [-0.39, 0.29) is 0 Å². The number of anilines is 1. The predicted molar refractivity (Wildman–Crippen MR) is 99.1 cm³/mol. The monoisotopic (exact) mass is 334 g/mol. The van der Waals surface area contributed by atoms with Gasteiger partial charge in [-0.15, -0.1) is 0 Å². The van der Waals surface area contributed by atoms with Crippen LogP contribution in [0.5, 0.6) is 0 Å². The zero-order chi connectivity index (χ0) is 17.2. The Morgan fingerprint density at radius 3 is 2.48 bits per heavy atom. The molecule has 0 aliphatic heterocycles. The largest absolute Gasteiger partial charge is 0.356 e. The second-order valence-corrected chi connectivity index (χ2v) is 6.75. The molecule has 4 nitrogen and oxygen atoms in total. The fourth-order valence-corrected chi connectivity index (χ4v) is 3.18. The highest BCUT2D eigenvalue weighted by Crippen LogP contribution is 2.27. The normalized spacial score (nSPS) is 12.0. The van der Waals surface area contributed by atoms with Crippen LogP contribution in [-0.4, -0.2) is 29.3 Å². The number of nitriles is 1. The maximum Gasteiger partial charge on any atom is 0.189 e. The fraction of sp³-hybridized carbons (Fsp3) is 0.722. The van der Waals surface area contributed by atoms with Crippen molar-refractivity contribution in [3.05, 3.63) is 11.3 Å². The first-order valence-corrected chi connectivity index (χ1v) is 9.89. The summed E-state index contributed by atoms with van der Waals surface area (Å²) < 4.78 is 0. The molecule has 0 amide bonds. The van der Waals surface area contributed by atoms with E-state index in [1.165, 1.54) is 11.3 Å². The van der Waals surface area contributed by atoms with Gasteiger partial charge in [0.25, 0.3) is 0 Å². The van der Waals surface area contributed by atoms with Crippen molar-refractivity contribution in [3.8, 4) is 6.07 Å². The Kier molecular flexibility index (Phi) is 9.01. The molecule has 0 N–H and O–H groups in total. The number of hydrogen-bond acceptors (Lipinski definition) is 5. The molecule has 0 saturated heterocycles. The van der Waals surface area contributed by atoms with Gasteiger partial charge in [-0.25, -0.2) is 9.97 Å². The number of rotatable bonds is 10. The van der Waals surface area contributed by atoms with Crippen LogP contribution in [0.1, 0.15) is 58.2 Å². The van der Waals surface area contributed by atoms with E-state index < -0.39 is 0 Å². The van der Waals surface area contributed by atoms with Crippen LogP contribution in [0.3, 0.4) is 0 Å². The highest BCUT2D eigenvalue weighted by Gasteiger charge is 2.19. The van der Waals surface area contributed by atoms with Crippen LogP contribution in [-0.2, 0) is 12.8 Å². The average molecular weight is 335 g/mol. The van der Waals surface area contributed by atoms with Gasteiger partial charge < -0.3 is 4.90 Å². The Bertz CT molecular complexity index is 524. The summed E-state index contributed by atoms with van der Waals surface area (Å²) in [4.78, 5) is 11.9. The van der Waals surface area contributed by atoms with Crippen LogP contribution in [0, 0.1) is 17.2 Å². The maximum atomic E-state index is 8.96. The van der Waals surface area contributed by atoms with Crippen molar-refractivity contribution in [1.82, 2.24) is 9.97 Å². The minimum Gasteiger partial charge on any atom is -0.356 e. The summed E-state index contributed by atoms with van der Waals surface area (Å²) in [6.07, 6.45) is 6.73. The van der Waals surface area contributed by atoms with Crippen molar-refractivity contribution in [1.29, 1.82) is 5.26 Å². The lowest BCUT2D eigenvalue weighted by atomic mass is 10.0. The highest BCUT2D eigenvalue weighted by atomic mass is 32.2. The van der Waals surface area contributed by atoms with Gasteiger partial charge in [0, 0.05) is 25.1 Å². The lowest BCUT2D eigenvalue weighted by molar-refractivity contribution is 0.561. The van der Waals surface area contributed by atoms with E-state index in [2.05, 4.69) is 38.7 Å². The van der Waals surface area contributed by atoms with Gasteiger partial charge in [-0.3, -0.25) is 0 Å². The second kappa shape index (κ2) is 10.5. The van der Waals surface area contributed by atoms with Crippen LogP contribution < -0.4 is 4.90 Å². The van der Waals surface area contributed by atoms with E-state index in [1.807, 2.05) is 6.26 Å². The summed E-state index contributed by atoms with van der Waals surface area (Å²) in [7, 11) is 0. The summed E-state index contributed by atoms with van der Waals surface area (Å²) in [5, 5.41) is 9.81. The summed E-state index contributed by atoms with van der Waals surface area (Å²) >= 11 is 1.60. The molecule has 0 spiro atoms. The molecule has 0 bridgehead atoms. The number of aromatic nitrogens is 2. The quantitative estimate of drug-likeness (QED) is 0.466. The molecule has 0 saturated carbocycles. The Morgan fingerprint density at radius 1 is 1.22 bits per heavy atom. The molecular weight excluding hydrogens is 304 g/mol. The molecule has 5 heteroatoms. The van der Waals surface area contributed by atoms with Crippen LogP contribution >= 0.6 is 11.8 Å². The topological polar surface area (TPSA) is 52.8 Å². The van der Waals surface area contributed by atoms with Crippen LogP contribution in [0.2, 0.25) is 0 Å². The summed E-state index contributed by atoms with van der Waals surface area (Å²) in [6.45, 7) is 10.6. The van der Waals surface area contributed by atoms with Gasteiger partial charge in [-0.2, -0.15) is 5.26 Å². The second-order valence-electron chi connectivity index (χ2n) is 5.98. The summed E-state index contributed by atoms with van der Waals surface area (Å²) in [5.74, 6) is 1.44. The van der Waals surface area contributed by atoms with E-state index >= 15 is 0 Å². The third-order valence-electron chi connectivity index (χ3n) is 3.83. The number of hydrogen-bond donors (Lipinski definition) is 0. The van der Waals surface area contributed by atoms with Gasteiger partial charge in [0.15, 0.2) is 5.16 Å². The Labute approximate surface area is 145 Å².